The molecule has 1 aromatic rings. The second-order valence-corrected chi connectivity index (χ2v) is 8.40. The number of hydrogen-bond donors (Lipinski definition) is 1. The molecule has 1 N–H and O–H groups in total. The quantitative estimate of drug-likeness (QED) is 0.852. The molecule has 1 spiro atoms. The maximum atomic E-state index is 3.87. The van der Waals surface area contributed by atoms with E-state index < -0.39 is 0 Å². The minimum atomic E-state index is 0.283. The van der Waals surface area contributed by atoms with E-state index in [4.69, 9.17) is 0 Å². The van der Waals surface area contributed by atoms with Crippen LogP contribution in [0.2, 0.25) is 0 Å². The van der Waals surface area contributed by atoms with Crippen molar-refractivity contribution < 1.29 is 0 Å². The first kappa shape index (κ1) is 15.4. The second-order valence-electron chi connectivity index (χ2n) is 7.24. The first-order valence-electron chi connectivity index (χ1n) is 8.28. The van der Waals surface area contributed by atoms with Gasteiger partial charge in [-0.05, 0) is 38.8 Å². The lowest BCUT2D eigenvalue weighted by atomic mass is 9.87. The second kappa shape index (κ2) is 6.31. The van der Waals surface area contributed by atoms with Crippen LogP contribution in [0.3, 0.4) is 0 Å². The number of rotatable bonds is 4. The van der Waals surface area contributed by atoms with Crippen LogP contribution in [0.5, 0.6) is 0 Å². The average Bonchev–Trinajstić information content (AvgIpc) is 2.93. The molecule has 1 saturated carbocycles. The molecule has 0 atom stereocenters. The first-order chi connectivity index (χ1) is 10.1. The molecule has 1 aliphatic carbocycles. The van der Waals surface area contributed by atoms with E-state index in [1.165, 1.54) is 49.4 Å². The van der Waals surface area contributed by atoms with E-state index in [0.29, 0.717) is 5.54 Å². The molecule has 0 radical (unpaired) electrons. The summed E-state index contributed by atoms with van der Waals surface area (Å²) in [5.41, 5.74) is 0.706. The molecule has 1 aliphatic heterocycles. The SMILES string of the molecule is CC1(C)CNC2(CCCC2)CN1CCSc1ccccc1. The molecule has 116 valence electrons. The molecule has 2 nitrogen and oxygen atoms in total. The van der Waals surface area contributed by atoms with Crippen LogP contribution < -0.4 is 5.32 Å². The Balaban J connectivity index is 1.56. The molecule has 2 aliphatic rings. The smallest absolute Gasteiger partial charge is 0.0309 e. The third-order valence-corrected chi connectivity index (χ3v) is 6.17. The summed E-state index contributed by atoms with van der Waals surface area (Å²) in [7, 11) is 0. The maximum absolute atomic E-state index is 3.87. The van der Waals surface area contributed by atoms with Gasteiger partial charge in [-0.1, -0.05) is 31.0 Å². The van der Waals surface area contributed by atoms with Gasteiger partial charge in [-0.2, -0.15) is 0 Å². The topological polar surface area (TPSA) is 15.3 Å². The van der Waals surface area contributed by atoms with E-state index in [1.54, 1.807) is 0 Å². The van der Waals surface area contributed by atoms with Crippen LogP contribution in [0.4, 0.5) is 0 Å². The van der Waals surface area contributed by atoms with Crippen molar-refractivity contribution in [3.63, 3.8) is 0 Å². The van der Waals surface area contributed by atoms with E-state index in [0.717, 1.165) is 6.54 Å². The predicted molar refractivity (Wildman–Crippen MR) is 92.0 cm³/mol. The van der Waals surface area contributed by atoms with Gasteiger partial charge in [-0.25, -0.2) is 0 Å². The lowest BCUT2D eigenvalue weighted by Gasteiger charge is -2.51. The van der Waals surface area contributed by atoms with Crippen LogP contribution in [0.25, 0.3) is 0 Å². The van der Waals surface area contributed by atoms with Crippen molar-refractivity contribution in [1.29, 1.82) is 0 Å². The Morgan fingerprint density at radius 1 is 1.14 bits per heavy atom. The van der Waals surface area contributed by atoms with Gasteiger partial charge in [0, 0.05) is 41.4 Å². The van der Waals surface area contributed by atoms with Gasteiger partial charge < -0.3 is 5.32 Å². The summed E-state index contributed by atoms with van der Waals surface area (Å²) >= 11 is 1.98. The van der Waals surface area contributed by atoms with Crippen molar-refractivity contribution in [2.75, 3.05) is 25.4 Å². The van der Waals surface area contributed by atoms with Crippen molar-refractivity contribution in [3.8, 4) is 0 Å². The molecule has 0 amide bonds. The molecule has 0 bridgehead atoms. The van der Waals surface area contributed by atoms with Gasteiger partial charge in [0.25, 0.3) is 0 Å². The molecular formula is C18H28N2S. The van der Waals surface area contributed by atoms with E-state index >= 15 is 0 Å². The zero-order chi connectivity index (χ0) is 14.8. The standard InChI is InChI=1S/C18H28N2S/c1-17(2)14-19-18(10-6-7-11-18)15-20(17)12-13-21-16-8-4-3-5-9-16/h3-5,8-9,19H,6-7,10-15H2,1-2H3. The highest BCUT2D eigenvalue weighted by molar-refractivity contribution is 7.99. The van der Waals surface area contributed by atoms with E-state index in [9.17, 15) is 0 Å². The number of piperazine rings is 1. The van der Waals surface area contributed by atoms with Gasteiger partial charge in [0.2, 0.25) is 0 Å². The summed E-state index contributed by atoms with van der Waals surface area (Å²) in [6.45, 7) is 8.32. The molecule has 0 aromatic heterocycles. The van der Waals surface area contributed by atoms with Crippen LogP contribution in [0, 0.1) is 0 Å². The molecule has 21 heavy (non-hydrogen) atoms. The molecule has 3 rings (SSSR count). The molecule has 1 saturated heterocycles. The van der Waals surface area contributed by atoms with Crippen molar-refractivity contribution in [1.82, 2.24) is 10.2 Å². The maximum Gasteiger partial charge on any atom is 0.0309 e. The van der Waals surface area contributed by atoms with Gasteiger partial charge in [0.05, 0.1) is 0 Å². The van der Waals surface area contributed by atoms with Gasteiger partial charge in [-0.15, -0.1) is 11.8 Å². The highest BCUT2D eigenvalue weighted by Crippen LogP contribution is 2.35. The van der Waals surface area contributed by atoms with Crippen molar-refractivity contribution >= 4 is 11.8 Å². The monoisotopic (exact) mass is 304 g/mol. The fourth-order valence-electron chi connectivity index (χ4n) is 3.71. The van der Waals surface area contributed by atoms with Crippen LogP contribution in [0.15, 0.2) is 35.2 Å². The normalized spacial score (nSPS) is 24.5. The Hall–Kier alpha value is -0.510. The van der Waals surface area contributed by atoms with Crippen LogP contribution in [-0.2, 0) is 0 Å². The van der Waals surface area contributed by atoms with Crippen LogP contribution in [-0.4, -0.2) is 41.4 Å². The Morgan fingerprint density at radius 2 is 1.86 bits per heavy atom. The third kappa shape index (κ3) is 3.64. The van der Waals surface area contributed by atoms with Gasteiger partial charge in [-0.3, -0.25) is 4.90 Å². The van der Waals surface area contributed by atoms with Gasteiger partial charge in [0.15, 0.2) is 0 Å². The molecule has 0 unspecified atom stereocenters. The van der Waals surface area contributed by atoms with E-state index in [2.05, 4.69) is 54.4 Å². The number of thioether (sulfide) groups is 1. The largest absolute Gasteiger partial charge is 0.308 e. The molecular weight excluding hydrogens is 276 g/mol. The first-order valence-corrected chi connectivity index (χ1v) is 9.26. The number of nitrogens with zero attached hydrogens (tertiary/aromatic N) is 1. The Bertz CT molecular complexity index is 452. The highest BCUT2D eigenvalue weighted by atomic mass is 32.2. The summed E-state index contributed by atoms with van der Waals surface area (Å²) in [6.07, 6.45) is 5.54. The van der Waals surface area contributed by atoms with E-state index in [-0.39, 0.29) is 5.54 Å². The minimum Gasteiger partial charge on any atom is -0.308 e. The molecule has 2 fully saturated rings. The molecule has 1 aromatic carbocycles. The minimum absolute atomic E-state index is 0.283. The van der Waals surface area contributed by atoms with Crippen LogP contribution in [0.1, 0.15) is 39.5 Å². The van der Waals surface area contributed by atoms with Crippen molar-refractivity contribution in [2.24, 2.45) is 0 Å². The van der Waals surface area contributed by atoms with Gasteiger partial charge in [0.1, 0.15) is 0 Å². The number of nitrogens with one attached hydrogen (secondary N) is 1. The van der Waals surface area contributed by atoms with Gasteiger partial charge >= 0.3 is 0 Å². The zero-order valence-corrected chi connectivity index (χ0v) is 14.2. The highest BCUT2D eigenvalue weighted by Gasteiger charge is 2.43. The summed E-state index contributed by atoms with van der Waals surface area (Å²) < 4.78 is 0. The summed E-state index contributed by atoms with van der Waals surface area (Å²) in [4.78, 5) is 4.12. The lowest BCUT2D eigenvalue weighted by Crippen LogP contribution is -2.67. The third-order valence-electron chi connectivity index (χ3n) is 5.18. The number of benzene rings is 1. The van der Waals surface area contributed by atoms with Crippen LogP contribution >= 0.6 is 11.8 Å². The number of hydrogen-bond acceptors (Lipinski definition) is 3. The summed E-state index contributed by atoms with van der Waals surface area (Å²) in [5.74, 6) is 1.18. The molecule has 3 heteroatoms. The summed E-state index contributed by atoms with van der Waals surface area (Å²) in [5, 5.41) is 3.87. The average molecular weight is 305 g/mol. The molecule has 1 heterocycles. The Kier molecular flexibility index (Phi) is 4.63. The fourth-order valence-corrected chi connectivity index (χ4v) is 4.61. The Labute approximate surface area is 133 Å². The Morgan fingerprint density at radius 3 is 2.57 bits per heavy atom. The predicted octanol–water partition coefficient (Wildman–Crippen LogP) is 3.78. The van der Waals surface area contributed by atoms with E-state index in [1.807, 2.05) is 11.8 Å². The lowest BCUT2D eigenvalue weighted by molar-refractivity contribution is 0.0339. The van der Waals surface area contributed by atoms with Crippen molar-refractivity contribution in [3.05, 3.63) is 30.3 Å². The summed E-state index contributed by atoms with van der Waals surface area (Å²) in [6, 6.07) is 10.8. The zero-order valence-electron chi connectivity index (χ0n) is 13.4. The van der Waals surface area contributed by atoms with Crippen molar-refractivity contribution in [2.45, 2.75) is 55.5 Å². The fraction of sp³-hybridized carbons (Fsp3) is 0.667.